The number of carbonyl (C=O) groups excluding carboxylic acids is 1. The van der Waals surface area contributed by atoms with Crippen LogP contribution in [0.3, 0.4) is 0 Å². The van der Waals surface area contributed by atoms with Gasteiger partial charge in [0.2, 0.25) is 12.7 Å². The second-order valence-corrected chi connectivity index (χ2v) is 8.20. The summed E-state index contributed by atoms with van der Waals surface area (Å²) in [5, 5.41) is 11.3. The number of hydrogen-bond donors (Lipinski definition) is 1. The van der Waals surface area contributed by atoms with Crippen molar-refractivity contribution >= 4 is 5.91 Å². The highest BCUT2D eigenvalue weighted by Crippen LogP contribution is 2.43. The Bertz CT molecular complexity index is 871. The van der Waals surface area contributed by atoms with Gasteiger partial charge in [0.1, 0.15) is 6.10 Å². The van der Waals surface area contributed by atoms with Gasteiger partial charge in [0, 0.05) is 12.0 Å². The molecule has 0 bridgehead atoms. The molecule has 0 saturated heterocycles. The van der Waals surface area contributed by atoms with Crippen LogP contribution in [0.2, 0.25) is 0 Å². The van der Waals surface area contributed by atoms with E-state index in [-0.39, 0.29) is 12.7 Å². The Labute approximate surface area is 159 Å². The lowest BCUT2D eigenvalue weighted by molar-refractivity contribution is -0.145. The molecule has 2 unspecified atom stereocenters. The predicted octanol–water partition coefficient (Wildman–Crippen LogP) is 3.62. The summed E-state index contributed by atoms with van der Waals surface area (Å²) < 4.78 is 10.8. The number of carbonyl (C=O) groups is 1. The van der Waals surface area contributed by atoms with Crippen LogP contribution < -0.4 is 9.47 Å². The van der Waals surface area contributed by atoms with Crippen molar-refractivity contribution in [3.05, 3.63) is 59.2 Å². The molecule has 2 aromatic rings. The number of hydrogen-bond acceptors (Lipinski definition) is 4. The fraction of sp³-hybridized carbons (Fsp3) is 0.409. The average Bonchev–Trinajstić information content (AvgIpc) is 3.13. The first-order valence-corrected chi connectivity index (χ1v) is 9.33. The maximum absolute atomic E-state index is 13.1. The smallest absolute Gasteiger partial charge is 0.231 e. The molecule has 2 aromatic carbocycles. The normalized spacial score (nSPS) is 19.6. The molecule has 2 atom stereocenters. The third-order valence-electron chi connectivity index (χ3n) is 5.27. The van der Waals surface area contributed by atoms with Gasteiger partial charge in [-0.3, -0.25) is 4.79 Å². The van der Waals surface area contributed by atoms with Crippen LogP contribution in [0.15, 0.2) is 42.5 Å². The Morgan fingerprint density at radius 1 is 1.15 bits per heavy atom. The Balaban J connectivity index is 1.76. The van der Waals surface area contributed by atoms with Gasteiger partial charge in [0.15, 0.2) is 11.5 Å². The van der Waals surface area contributed by atoms with E-state index in [2.05, 4.69) is 6.07 Å². The topological polar surface area (TPSA) is 59.0 Å². The van der Waals surface area contributed by atoms with Crippen LogP contribution >= 0.6 is 0 Å². The highest BCUT2D eigenvalue weighted by Gasteiger charge is 2.40. The summed E-state index contributed by atoms with van der Waals surface area (Å²) in [5.74, 6) is 1.35. The van der Waals surface area contributed by atoms with Crippen LogP contribution in [0, 0.1) is 5.41 Å². The summed E-state index contributed by atoms with van der Waals surface area (Å²) in [4.78, 5) is 15.0. The molecule has 4 rings (SSSR count). The number of benzene rings is 2. The van der Waals surface area contributed by atoms with Gasteiger partial charge in [-0.15, -0.1) is 0 Å². The maximum atomic E-state index is 13.1. The van der Waals surface area contributed by atoms with Gasteiger partial charge in [-0.1, -0.05) is 51.1 Å². The van der Waals surface area contributed by atoms with E-state index in [1.807, 2.05) is 62.1 Å². The minimum absolute atomic E-state index is 0.0433. The van der Waals surface area contributed by atoms with Gasteiger partial charge >= 0.3 is 0 Å². The van der Waals surface area contributed by atoms with E-state index in [1.165, 1.54) is 5.56 Å². The number of aliphatic hydroxyl groups excluding tert-OH is 1. The van der Waals surface area contributed by atoms with Crippen LogP contribution in [0.5, 0.6) is 11.5 Å². The van der Waals surface area contributed by atoms with Crippen LogP contribution in [0.4, 0.5) is 0 Å². The lowest BCUT2D eigenvalue weighted by Crippen LogP contribution is -2.47. The summed E-state index contributed by atoms with van der Waals surface area (Å²) in [6.45, 7) is 6.54. The number of fused-ring (bicyclic) bond motifs is 2. The quantitative estimate of drug-likeness (QED) is 0.881. The molecule has 2 aliphatic heterocycles. The summed E-state index contributed by atoms with van der Waals surface area (Å²) in [5.41, 5.74) is 2.39. The predicted molar refractivity (Wildman–Crippen MR) is 102 cm³/mol. The van der Waals surface area contributed by atoms with E-state index in [1.54, 1.807) is 0 Å². The lowest BCUT2D eigenvalue weighted by atomic mass is 9.84. The van der Waals surface area contributed by atoms with E-state index in [0.29, 0.717) is 23.6 Å². The van der Waals surface area contributed by atoms with Crippen LogP contribution in [0.25, 0.3) is 0 Å². The molecule has 27 heavy (non-hydrogen) atoms. The van der Waals surface area contributed by atoms with E-state index in [9.17, 15) is 9.90 Å². The molecule has 5 nitrogen and oxygen atoms in total. The van der Waals surface area contributed by atoms with Crippen molar-refractivity contribution in [1.82, 2.24) is 4.90 Å². The highest BCUT2D eigenvalue weighted by molar-refractivity contribution is 5.82. The number of rotatable bonds is 2. The highest BCUT2D eigenvalue weighted by atomic mass is 16.7. The monoisotopic (exact) mass is 367 g/mol. The van der Waals surface area contributed by atoms with Crippen LogP contribution in [0.1, 0.15) is 49.6 Å². The first kappa shape index (κ1) is 17.9. The van der Waals surface area contributed by atoms with Crippen LogP contribution in [-0.2, 0) is 11.2 Å². The van der Waals surface area contributed by atoms with Crippen molar-refractivity contribution in [2.75, 3.05) is 13.3 Å². The first-order chi connectivity index (χ1) is 12.9. The second-order valence-electron chi connectivity index (χ2n) is 8.20. The molecular formula is C22H25NO4. The molecule has 0 spiro atoms. The molecule has 5 heteroatoms. The molecule has 0 radical (unpaired) electrons. The van der Waals surface area contributed by atoms with Crippen molar-refractivity contribution < 1.29 is 19.4 Å². The SMILES string of the molecule is CC(C)(C)C(=O)N1CCc2ccccc2C1C(O)c1ccc2c(c1)OCO2. The first-order valence-electron chi connectivity index (χ1n) is 9.33. The van der Waals surface area contributed by atoms with Gasteiger partial charge < -0.3 is 19.5 Å². The summed E-state index contributed by atoms with van der Waals surface area (Å²) in [6.07, 6.45) is -0.0604. The molecule has 0 aromatic heterocycles. The molecule has 0 saturated carbocycles. The Morgan fingerprint density at radius 3 is 2.67 bits per heavy atom. The second kappa shape index (κ2) is 6.57. The number of amides is 1. The summed E-state index contributed by atoms with van der Waals surface area (Å²) in [7, 11) is 0. The Morgan fingerprint density at radius 2 is 1.89 bits per heavy atom. The zero-order chi connectivity index (χ0) is 19.2. The van der Waals surface area contributed by atoms with Gasteiger partial charge in [-0.05, 0) is 35.2 Å². The largest absolute Gasteiger partial charge is 0.454 e. The van der Waals surface area contributed by atoms with Gasteiger partial charge in [-0.25, -0.2) is 0 Å². The van der Waals surface area contributed by atoms with E-state index in [4.69, 9.17) is 9.47 Å². The van der Waals surface area contributed by atoms with Crippen molar-refractivity contribution in [2.45, 2.75) is 39.3 Å². The minimum atomic E-state index is -0.854. The van der Waals surface area contributed by atoms with Crippen molar-refractivity contribution in [2.24, 2.45) is 5.41 Å². The molecule has 1 amide bonds. The molecular weight excluding hydrogens is 342 g/mol. The van der Waals surface area contributed by atoms with Gasteiger partial charge in [0.25, 0.3) is 0 Å². The standard InChI is InChI=1S/C22H25NO4/c1-22(2,3)21(25)23-11-10-14-6-4-5-7-16(14)19(23)20(24)15-8-9-17-18(12-15)27-13-26-17/h4-9,12,19-20,24H,10-11,13H2,1-3H3. The van der Waals surface area contributed by atoms with Crippen molar-refractivity contribution in [3.63, 3.8) is 0 Å². The van der Waals surface area contributed by atoms with Crippen molar-refractivity contribution in [1.29, 1.82) is 0 Å². The number of nitrogens with zero attached hydrogens (tertiary/aromatic N) is 1. The van der Waals surface area contributed by atoms with E-state index >= 15 is 0 Å². The molecule has 142 valence electrons. The number of ether oxygens (including phenoxy) is 2. The van der Waals surface area contributed by atoms with Crippen molar-refractivity contribution in [3.8, 4) is 11.5 Å². The summed E-state index contributed by atoms with van der Waals surface area (Å²) in [6, 6.07) is 13.1. The molecule has 2 aliphatic rings. The van der Waals surface area contributed by atoms with Gasteiger partial charge in [0.05, 0.1) is 6.04 Å². The fourth-order valence-corrected chi connectivity index (χ4v) is 3.88. The zero-order valence-corrected chi connectivity index (χ0v) is 15.9. The summed E-state index contributed by atoms with van der Waals surface area (Å²) >= 11 is 0. The van der Waals surface area contributed by atoms with E-state index in [0.717, 1.165) is 12.0 Å². The number of aliphatic hydroxyl groups is 1. The van der Waals surface area contributed by atoms with E-state index < -0.39 is 17.6 Å². The van der Waals surface area contributed by atoms with Crippen LogP contribution in [-0.4, -0.2) is 29.3 Å². The molecule has 0 fully saturated rings. The Hall–Kier alpha value is -2.53. The molecule has 2 heterocycles. The Kier molecular flexibility index (Phi) is 4.35. The lowest BCUT2D eigenvalue weighted by Gasteiger charge is -2.42. The fourth-order valence-electron chi connectivity index (χ4n) is 3.88. The minimum Gasteiger partial charge on any atom is -0.454 e. The van der Waals surface area contributed by atoms with Gasteiger partial charge in [-0.2, -0.15) is 0 Å². The average molecular weight is 367 g/mol. The zero-order valence-electron chi connectivity index (χ0n) is 15.9. The third-order valence-corrected chi connectivity index (χ3v) is 5.27. The maximum Gasteiger partial charge on any atom is 0.231 e. The third kappa shape index (κ3) is 3.16. The molecule has 1 N–H and O–H groups in total. The molecule has 0 aliphatic carbocycles.